The molecule has 1 saturated carbocycles. The number of aromatic amines is 1. The maximum absolute atomic E-state index is 15.4. The van der Waals surface area contributed by atoms with Crippen LogP contribution < -0.4 is 21.9 Å². The minimum absolute atomic E-state index is 0.0148. The van der Waals surface area contributed by atoms with Crippen molar-refractivity contribution in [2.45, 2.75) is 45.3 Å². The van der Waals surface area contributed by atoms with Gasteiger partial charge in [-0.15, -0.1) is 0 Å². The Kier molecular flexibility index (Phi) is 4.95. The van der Waals surface area contributed by atoms with Crippen LogP contribution in [0.5, 0.6) is 0 Å². The van der Waals surface area contributed by atoms with Crippen LogP contribution in [0.25, 0.3) is 10.9 Å². The molecule has 0 spiro atoms. The maximum atomic E-state index is 15.4. The molecule has 2 fully saturated rings. The van der Waals surface area contributed by atoms with Gasteiger partial charge in [0.15, 0.2) is 5.82 Å². The molecule has 2 atom stereocenters. The number of aryl methyl sites for hydroxylation is 2. The van der Waals surface area contributed by atoms with Crippen molar-refractivity contribution in [3.8, 4) is 0 Å². The van der Waals surface area contributed by atoms with Gasteiger partial charge in [-0.3, -0.25) is 14.3 Å². The van der Waals surface area contributed by atoms with Crippen LogP contribution in [0.3, 0.4) is 0 Å². The summed E-state index contributed by atoms with van der Waals surface area (Å²) in [4.78, 5) is 28.8. The molecule has 0 bridgehead atoms. The molecule has 1 saturated heterocycles. The lowest BCUT2D eigenvalue weighted by Crippen LogP contribution is -2.32. The van der Waals surface area contributed by atoms with E-state index in [1.165, 1.54) is 11.5 Å². The largest absolute Gasteiger partial charge is 0.389 e. The van der Waals surface area contributed by atoms with Crippen LogP contribution in [0.15, 0.2) is 9.59 Å². The molecule has 1 aliphatic carbocycles. The molecule has 1 aromatic heterocycles. The second-order valence-corrected chi connectivity index (χ2v) is 8.48. The molecule has 2 aromatic rings. The first-order valence-corrected chi connectivity index (χ1v) is 10.0. The number of alkyl halides is 3. The number of nitrogens with one attached hydrogen (secondary N) is 1. The number of benzene rings is 1. The van der Waals surface area contributed by atoms with Crippen molar-refractivity contribution in [2.24, 2.45) is 17.6 Å². The zero-order valence-corrected chi connectivity index (χ0v) is 16.8. The van der Waals surface area contributed by atoms with E-state index in [2.05, 4.69) is 4.98 Å². The standard InChI is InChI=1S/C20H24F4N4O2/c1-9-14-16(28(13-3-4-13)19(30)26-18(14)29)10(2)17(15(9)21)27-7-11(5-20(22,23)24)12(6-25)8-27/h11-13H,3-8,25H2,1-2H3,(H,26,29,30). The quantitative estimate of drug-likeness (QED) is 0.734. The predicted molar refractivity (Wildman–Crippen MR) is 105 cm³/mol. The van der Waals surface area contributed by atoms with Crippen LogP contribution in [0.2, 0.25) is 0 Å². The van der Waals surface area contributed by atoms with Gasteiger partial charge in [-0.25, -0.2) is 9.18 Å². The Balaban J connectivity index is 1.89. The first-order valence-electron chi connectivity index (χ1n) is 10.0. The van der Waals surface area contributed by atoms with Crippen molar-refractivity contribution in [1.29, 1.82) is 0 Å². The van der Waals surface area contributed by atoms with Gasteiger partial charge in [0.05, 0.1) is 16.6 Å². The second-order valence-electron chi connectivity index (χ2n) is 8.48. The Hall–Kier alpha value is -2.36. The van der Waals surface area contributed by atoms with E-state index in [0.717, 1.165) is 12.8 Å². The molecule has 0 amide bonds. The van der Waals surface area contributed by atoms with Crippen LogP contribution in [0.1, 0.15) is 36.4 Å². The molecule has 164 valence electrons. The molecular formula is C20H24F4N4O2. The van der Waals surface area contributed by atoms with E-state index in [1.807, 2.05) is 0 Å². The molecule has 3 N–H and O–H groups in total. The second kappa shape index (κ2) is 7.11. The minimum atomic E-state index is -4.33. The zero-order valence-electron chi connectivity index (χ0n) is 16.8. The van der Waals surface area contributed by atoms with Crippen molar-refractivity contribution >= 4 is 16.6 Å². The Morgan fingerprint density at radius 2 is 1.73 bits per heavy atom. The van der Waals surface area contributed by atoms with E-state index in [9.17, 15) is 22.8 Å². The van der Waals surface area contributed by atoms with E-state index >= 15 is 4.39 Å². The molecule has 0 radical (unpaired) electrons. The van der Waals surface area contributed by atoms with Gasteiger partial charge < -0.3 is 10.6 Å². The highest BCUT2D eigenvalue weighted by atomic mass is 19.4. The predicted octanol–water partition coefficient (Wildman–Crippen LogP) is 2.74. The summed E-state index contributed by atoms with van der Waals surface area (Å²) in [5.74, 6) is -1.81. The summed E-state index contributed by atoms with van der Waals surface area (Å²) in [6, 6.07) is -0.0680. The number of hydrogen-bond acceptors (Lipinski definition) is 4. The topological polar surface area (TPSA) is 84.1 Å². The number of nitrogens with zero attached hydrogens (tertiary/aromatic N) is 2. The average molecular weight is 428 g/mol. The molecule has 2 heterocycles. The monoisotopic (exact) mass is 428 g/mol. The van der Waals surface area contributed by atoms with Gasteiger partial charge in [0.2, 0.25) is 0 Å². The van der Waals surface area contributed by atoms with Gasteiger partial charge in [0, 0.05) is 36.7 Å². The van der Waals surface area contributed by atoms with Gasteiger partial charge in [0.1, 0.15) is 0 Å². The summed E-state index contributed by atoms with van der Waals surface area (Å²) >= 11 is 0. The van der Waals surface area contributed by atoms with Crippen molar-refractivity contribution in [2.75, 3.05) is 24.5 Å². The van der Waals surface area contributed by atoms with Crippen LogP contribution in [-0.4, -0.2) is 35.4 Å². The van der Waals surface area contributed by atoms with Gasteiger partial charge in [-0.2, -0.15) is 13.2 Å². The number of aromatic nitrogens is 2. The molecule has 30 heavy (non-hydrogen) atoms. The van der Waals surface area contributed by atoms with Gasteiger partial charge in [0.25, 0.3) is 5.56 Å². The van der Waals surface area contributed by atoms with E-state index in [4.69, 9.17) is 5.73 Å². The average Bonchev–Trinajstić information content (AvgIpc) is 3.39. The third kappa shape index (κ3) is 3.40. The Morgan fingerprint density at radius 1 is 1.10 bits per heavy atom. The molecule has 1 aliphatic heterocycles. The van der Waals surface area contributed by atoms with Gasteiger partial charge in [-0.05, 0) is 45.1 Å². The summed E-state index contributed by atoms with van der Waals surface area (Å²) in [5, 5.41) is 0.113. The fourth-order valence-corrected chi connectivity index (χ4v) is 4.80. The molecular weight excluding hydrogens is 404 g/mol. The lowest BCUT2D eigenvalue weighted by Gasteiger charge is -2.25. The first-order chi connectivity index (χ1) is 14.0. The van der Waals surface area contributed by atoms with Crippen molar-refractivity contribution in [3.05, 3.63) is 37.8 Å². The van der Waals surface area contributed by atoms with E-state index < -0.39 is 41.5 Å². The Morgan fingerprint density at radius 3 is 2.30 bits per heavy atom. The lowest BCUT2D eigenvalue weighted by molar-refractivity contribution is -0.145. The third-order valence-electron chi connectivity index (χ3n) is 6.37. The van der Waals surface area contributed by atoms with Crippen LogP contribution in [-0.2, 0) is 0 Å². The van der Waals surface area contributed by atoms with Crippen LogP contribution in [0, 0.1) is 31.5 Å². The molecule has 6 nitrogen and oxygen atoms in total. The normalized spacial score (nSPS) is 22.3. The lowest BCUT2D eigenvalue weighted by atomic mass is 9.93. The van der Waals surface area contributed by atoms with Crippen LogP contribution in [0.4, 0.5) is 23.2 Å². The fraction of sp³-hybridized carbons (Fsp3) is 0.600. The number of anilines is 1. The number of fused-ring (bicyclic) bond motifs is 1. The highest BCUT2D eigenvalue weighted by molar-refractivity contribution is 5.90. The maximum Gasteiger partial charge on any atom is 0.389 e. The summed E-state index contributed by atoms with van der Waals surface area (Å²) in [6.45, 7) is 3.35. The number of rotatable bonds is 4. The molecule has 2 aliphatic rings. The molecule has 1 aromatic carbocycles. The van der Waals surface area contributed by atoms with Crippen molar-refractivity contribution in [3.63, 3.8) is 0 Å². The Labute approximate surface area is 169 Å². The van der Waals surface area contributed by atoms with E-state index in [1.54, 1.807) is 11.8 Å². The summed E-state index contributed by atoms with van der Waals surface area (Å²) in [5.41, 5.74) is 5.51. The minimum Gasteiger partial charge on any atom is -0.368 e. The molecule has 2 unspecified atom stereocenters. The van der Waals surface area contributed by atoms with Gasteiger partial charge in [-0.1, -0.05) is 0 Å². The first kappa shape index (κ1) is 20.9. The number of hydrogen-bond donors (Lipinski definition) is 2. The molecule has 4 rings (SSSR count). The van der Waals surface area contributed by atoms with Crippen molar-refractivity contribution < 1.29 is 17.6 Å². The van der Waals surface area contributed by atoms with E-state index in [0.29, 0.717) is 11.1 Å². The fourth-order valence-electron chi connectivity index (χ4n) is 4.80. The number of H-pyrrole nitrogens is 1. The summed E-state index contributed by atoms with van der Waals surface area (Å²) in [7, 11) is 0. The Bertz CT molecular complexity index is 1120. The van der Waals surface area contributed by atoms with Crippen LogP contribution >= 0.6 is 0 Å². The highest BCUT2D eigenvalue weighted by Crippen LogP contribution is 2.42. The third-order valence-corrected chi connectivity index (χ3v) is 6.37. The van der Waals surface area contributed by atoms with Crippen molar-refractivity contribution in [1.82, 2.24) is 9.55 Å². The summed E-state index contributed by atoms with van der Waals surface area (Å²) < 4.78 is 55.9. The highest BCUT2D eigenvalue weighted by Gasteiger charge is 2.42. The van der Waals surface area contributed by atoms with Gasteiger partial charge >= 0.3 is 11.9 Å². The number of halogens is 4. The van der Waals surface area contributed by atoms with E-state index in [-0.39, 0.29) is 42.3 Å². The zero-order chi connectivity index (χ0) is 22.0. The summed E-state index contributed by atoms with van der Waals surface area (Å²) in [6.07, 6.45) is -3.76. The molecule has 10 heteroatoms. The smallest absolute Gasteiger partial charge is 0.368 e. The number of nitrogens with two attached hydrogens (primary N) is 1. The SMILES string of the molecule is Cc1c(F)c(N2CC(CN)C(CC(F)(F)F)C2)c(C)c2c1c(=O)[nH]c(=O)n2C1CC1.